The minimum Gasteiger partial charge on any atom is -0.444 e. The second-order valence-corrected chi connectivity index (χ2v) is 9.34. The molecule has 0 radical (unpaired) electrons. The van der Waals surface area contributed by atoms with Crippen LogP contribution in [0.2, 0.25) is 0 Å². The summed E-state index contributed by atoms with van der Waals surface area (Å²) in [4.78, 5) is 32.7. The molecular weight excluding hydrogens is 376 g/mol. The molecule has 28 heavy (non-hydrogen) atoms. The lowest BCUT2D eigenvalue weighted by Crippen LogP contribution is -2.52. The lowest BCUT2D eigenvalue weighted by Gasteiger charge is -2.35. The van der Waals surface area contributed by atoms with Crippen LogP contribution in [0.15, 0.2) is 18.2 Å². The van der Waals surface area contributed by atoms with Crippen molar-refractivity contribution >= 4 is 39.4 Å². The van der Waals surface area contributed by atoms with E-state index in [4.69, 9.17) is 4.74 Å². The average molecular weight is 405 g/mol. The van der Waals surface area contributed by atoms with Crippen LogP contribution in [0, 0.1) is 0 Å². The molecule has 1 aliphatic rings. The predicted octanol–water partition coefficient (Wildman–Crippen LogP) is 4.50. The molecule has 0 bridgehead atoms. The quantitative estimate of drug-likeness (QED) is 0.799. The summed E-state index contributed by atoms with van der Waals surface area (Å²) in [5, 5.41) is 4.05. The predicted molar refractivity (Wildman–Crippen MR) is 112 cm³/mol. The SMILES string of the molecule is CC(C)c1nc2ccc(NC(=O)N3CCN(C(=O)OC(C)(C)C)CC3)cc2s1. The van der Waals surface area contributed by atoms with Gasteiger partial charge >= 0.3 is 12.1 Å². The number of thiazole rings is 1. The third-order valence-corrected chi connectivity index (χ3v) is 5.69. The van der Waals surface area contributed by atoms with Gasteiger partial charge in [-0.05, 0) is 39.0 Å². The Labute approximate surface area is 169 Å². The smallest absolute Gasteiger partial charge is 0.410 e. The van der Waals surface area contributed by atoms with Gasteiger partial charge in [-0.25, -0.2) is 14.6 Å². The average Bonchev–Trinajstić information content (AvgIpc) is 3.04. The number of carbonyl (C=O) groups excluding carboxylic acids is 2. The summed E-state index contributed by atoms with van der Waals surface area (Å²) in [6.45, 7) is 11.7. The van der Waals surface area contributed by atoms with Crippen LogP contribution < -0.4 is 5.32 Å². The molecule has 3 amide bonds. The molecule has 1 N–H and O–H groups in total. The molecule has 2 heterocycles. The molecule has 0 aliphatic carbocycles. The van der Waals surface area contributed by atoms with Crippen LogP contribution in [-0.2, 0) is 4.74 Å². The minimum absolute atomic E-state index is 0.156. The van der Waals surface area contributed by atoms with Gasteiger partial charge < -0.3 is 19.9 Å². The van der Waals surface area contributed by atoms with Crippen LogP contribution in [-0.4, -0.2) is 58.7 Å². The topological polar surface area (TPSA) is 74.8 Å². The molecule has 1 aromatic carbocycles. The van der Waals surface area contributed by atoms with Crippen LogP contribution in [0.25, 0.3) is 10.2 Å². The summed E-state index contributed by atoms with van der Waals surface area (Å²) in [5.41, 5.74) is 1.19. The van der Waals surface area contributed by atoms with E-state index < -0.39 is 5.60 Å². The van der Waals surface area contributed by atoms with Crippen molar-refractivity contribution in [3.63, 3.8) is 0 Å². The molecule has 0 unspecified atom stereocenters. The Bertz CT molecular complexity index is 864. The molecular formula is C20H28N4O3S. The Morgan fingerprint density at radius 1 is 1.14 bits per heavy atom. The van der Waals surface area contributed by atoms with Crippen molar-refractivity contribution in [2.45, 2.75) is 46.1 Å². The lowest BCUT2D eigenvalue weighted by molar-refractivity contribution is 0.0174. The number of nitrogens with zero attached hydrogens (tertiary/aromatic N) is 3. The molecule has 1 fully saturated rings. The van der Waals surface area contributed by atoms with Crippen LogP contribution >= 0.6 is 11.3 Å². The highest BCUT2D eigenvalue weighted by Gasteiger charge is 2.27. The molecule has 2 aromatic rings. The summed E-state index contributed by atoms with van der Waals surface area (Å²) in [5.74, 6) is 0.386. The van der Waals surface area contributed by atoms with E-state index in [1.54, 1.807) is 21.1 Å². The highest BCUT2D eigenvalue weighted by molar-refractivity contribution is 7.18. The van der Waals surface area contributed by atoms with Gasteiger partial charge in [0.1, 0.15) is 5.60 Å². The van der Waals surface area contributed by atoms with E-state index in [-0.39, 0.29) is 12.1 Å². The van der Waals surface area contributed by atoms with Crippen molar-refractivity contribution in [2.75, 3.05) is 31.5 Å². The zero-order valence-electron chi connectivity index (χ0n) is 17.1. The fourth-order valence-electron chi connectivity index (χ4n) is 2.89. The number of carbonyl (C=O) groups is 2. The Hall–Kier alpha value is -2.35. The van der Waals surface area contributed by atoms with Gasteiger partial charge in [0.15, 0.2) is 0 Å². The van der Waals surface area contributed by atoms with Gasteiger partial charge in [-0.2, -0.15) is 0 Å². The summed E-state index contributed by atoms with van der Waals surface area (Å²) in [7, 11) is 0. The Kier molecular flexibility index (Phi) is 5.79. The van der Waals surface area contributed by atoms with Gasteiger partial charge in [0.25, 0.3) is 0 Å². The second-order valence-electron chi connectivity index (χ2n) is 8.27. The molecule has 7 nitrogen and oxygen atoms in total. The molecule has 152 valence electrons. The number of anilines is 1. The normalized spacial score (nSPS) is 15.2. The molecule has 8 heteroatoms. The Morgan fingerprint density at radius 2 is 1.79 bits per heavy atom. The summed E-state index contributed by atoms with van der Waals surface area (Å²) < 4.78 is 6.46. The van der Waals surface area contributed by atoms with E-state index in [9.17, 15) is 9.59 Å². The summed E-state index contributed by atoms with van der Waals surface area (Å²) >= 11 is 1.66. The number of piperazine rings is 1. The number of ether oxygens (including phenoxy) is 1. The van der Waals surface area contributed by atoms with Crippen molar-refractivity contribution in [1.29, 1.82) is 0 Å². The van der Waals surface area contributed by atoms with E-state index >= 15 is 0 Å². The van der Waals surface area contributed by atoms with Gasteiger partial charge in [0, 0.05) is 37.8 Å². The van der Waals surface area contributed by atoms with E-state index in [0.717, 1.165) is 20.9 Å². The monoisotopic (exact) mass is 404 g/mol. The van der Waals surface area contributed by atoms with Crippen molar-refractivity contribution < 1.29 is 14.3 Å². The van der Waals surface area contributed by atoms with Gasteiger partial charge in [-0.15, -0.1) is 11.3 Å². The first kappa shape index (κ1) is 20.4. The van der Waals surface area contributed by atoms with Crippen LogP contribution in [0.3, 0.4) is 0 Å². The van der Waals surface area contributed by atoms with Gasteiger partial charge in [-0.1, -0.05) is 13.8 Å². The van der Waals surface area contributed by atoms with Gasteiger partial charge in [0.05, 0.1) is 15.2 Å². The number of nitrogens with one attached hydrogen (secondary N) is 1. The number of fused-ring (bicyclic) bond motifs is 1. The number of benzene rings is 1. The number of rotatable bonds is 2. The van der Waals surface area contributed by atoms with Crippen molar-refractivity contribution in [3.8, 4) is 0 Å². The van der Waals surface area contributed by atoms with E-state index in [1.165, 1.54) is 0 Å². The fraction of sp³-hybridized carbons (Fsp3) is 0.550. The highest BCUT2D eigenvalue weighted by Crippen LogP contribution is 2.29. The molecule has 0 spiro atoms. The first-order valence-electron chi connectivity index (χ1n) is 9.57. The third kappa shape index (κ3) is 4.92. The second kappa shape index (κ2) is 7.95. The van der Waals surface area contributed by atoms with Gasteiger partial charge in [-0.3, -0.25) is 0 Å². The fourth-order valence-corrected chi connectivity index (χ4v) is 3.90. The van der Waals surface area contributed by atoms with E-state index in [2.05, 4.69) is 24.1 Å². The molecule has 0 atom stereocenters. The van der Waals surface area contributed by atoms with Crippen LogP contribution in [0.1, 0.15) is 45.5 Å². The maximum Gasteiger partial charge on any atom is 0.410 e. The first-order valence-corrected chi connectivity index (χ1v) is 10.4. The number of hydrogen-bond donors (Lipinski definition) is 1. The molecule has 1 aromatic heterocycles. The molecule has 3 rings (SSSR count). The van der Waals surface area contributed by atoms with Crippen molar-refractivity contribution in [1.82, 2.24) is 14.8 Å². The lowest BCUT2D eigenvalue weighted by atomic mass is 10.2. The summed E-state index contributed by atoms with van der Waals surface area (Å²) in [6, 6.07) is 5.62. The molecule has 1 saturated heterocycles. The molecule has 1 aliphatic heterocycles. The Balaban J connectivity index is 1.57. The number of hydrogen-bond acceptors (Lipinski definition) is 5. The largest absolute Gasteiger partial charge is 0.444 e. The number of aromatic nitrogens is 1. The Morgan fingerprint density at radius 3 is 2.39 bits per heavy atom. The van der Waals surface area contributed by atoms with E-state index in [1.807, 2.05) is 39.0 Å². The van der Waals surface area contributed by atoms with E-state index in [0.29, 0.717) is 32.1 Å². The van der Waals surface area contributed by atoms with Crippen LogP contribution in [0.5, 0.6) is 0 Å². The third-order valence-electron chi connectivity index (χ3n) is 4.37. The first-order chi connectivity index (χ1) is 13.1. The minimum atomic E-state index is -0.518. The van der Waals surface area contributed by atoms with Crippen LogP contribution in [0.4, 0.5) is 15.3 Å². The maximum atomic E-state index is 12.6. The zero-order chi connectivity index (χ0) is 20.5. The zero-order valence-corrected chi connectivity index (χ0v) is 17.9. The maximum absolute atomic E-state index is 12.6. The number of urea groups is 1. The van der Waals surface area contributed by atoms with Gasteiger partial charge in [0.2, 0.25) is 0 Å². The highest BCUT2D eigenvalue weighted by atomic mass is 32.1. The standard InChI is InChI=1S/C20H28N4O3S/c1-13(2)17-22-15-7-6-14(12-16(15)28-17)21-18(25)23-8-10-24(11-9-23)19(26)27-20(3,4)5/h6-7,12-13H,8-11H2,1-5H3,(H,21,25). The van der Waals surface area contributed by atoms with Crippen molar-refractivity contribution in [3.05, 3.63) is 23.2 Å². The van der Waals surface area contributed by atoms with Crippen molar-refractivity contribution in [2.24, 2.45) is 0 Å². The number of amides is 3. The summed E-state index contributed by atoms with van der Waals surface area (Å²) in [6.07, 6.45) is -0.329. The molecule has 0 saturated carbocycles.